The first-order chi connectivity index (χ1) is 17.0. The van der Waals surface area contributed by atoms with Crippen LogP contribution in [0.3, 0.4) is 0 Å². The molecule has 0 fully saturated rings. The minimum atomic E-state index is -0.225. The van der Waals surface area contributed by atoms with Gasteiger partial charge in [0.05, 0.1) is 18.9 Å². The molecule has 0 spiro atoms. The van der Waals surface area contributed by atoms with E-state index in [1.54, 1.807) is 18.3 Å². The van der Waals surface area contributed by atoms with Crippen molar-refractivity contribution in [2.45, 2.75) is 46.6 Å². The fourth-order valence-corrected chi connectivity index (χ4v) is 5.29. The van der Waals surface area contributed by atoms with Gasteiger partial charge in [-0.05, 0) is 79.1 Å². The van der Waals surface area contributed by atoms with Crippen LogP contribution in [0.1, 0.15) is 48.4 Å². The lowest BCUT2D eigenvalue weighted by Crippen LogP contribution is -2.09. The van der Waals surface area contributed by atoms with Crippen molar-refractivity contribution >= 4 is 27.4 Å². The van der Waals surface area contributed by atoms with Gasteiger partial charge >= 0.3 is 5.97 Å². The highest BCUT2D eigenvalue weighted by Crippen LogP contribution is 2.39. The largest absolute Gasteiger partial charge is 0.489 e. The van der Waals surface area contributed by atoms with Crippen molar-refractivity contribution < 1.29 is 14.3 Å². The van der Waals surface area contributed by atoms with Gasteiger partial charge in [0.15, 0.2) is 0 Å². The van der Waals surface area contributed by atoms with Crippen molar-refractivity contribution in [1.29, 1.82) is 0 Å². The number of hydrogen-bond donors (Lipinski definition) is 0. The van der Waals surface area contributed by atoms with E-state index in [1.165, 1.54) is 32.3 Å². The predicted octanol–water partition coefficient (Wildman–Crippen LogP) is 7.82. The van der Waals surface area contributed by atoms with Gasteiger partial charge in [-0.3, -0.25) is 4.79 Å². The second-order valence-electron chi connectivity index (χ2n) is 8.56. The van der Waals surface area contributed by atoms with Gasteiger partial charge in [0.1, 0.15) is 12.4 Å². The van der Waals surface area contributed by atoms with Gasteiger partial charge in [-0.25, -0.2) is 0 Å². The number of carbonyl (C=O) groups is 1. The standard InChI is InChI=1S/C31H30O3S/c1-5-8-25(17-30(32)33-6-2)24-13-11-23(12-14-24)19-34-26-15-16-29-27(18-26)28(20-35-29)31-21(3)9-7-10-22(31)4/h7,9-16,18,20,25H,6,17,19H2,1-4H3. The summed E-state index contributed by atoms with van der Waals surface area (Å²) >= 11 is 1.77. The summed E-state index contributed by atoms with van der Waals surface area (Å²) in [5, 5.41) is 3.47. The predicted molar refractivity (Wildman–Crippen MR) is 145 cm³/mol. The Hall–Kier alpha value is -3.55. The van der Waals surface area contributed by atoms with Crippen LogP contribution < -0.4 is 4.74 Å². The van der Waals surface area contributed by atoms with Gasteiger partial charge in [0, 0.05) is 15.6 Å². The molecule has 1 unspecified atom stereocenters. The zero-order chi connectivity index (χ0) is 24.8. The maximum atomic E-state index is 11.9. The van der Waals surface area contributed by atoms with Crippen LogP contribution >= 0.6 is 11.3 Å². The first-order valence-corrected chi connectivity index (χ1v) is 12.8. The Morgan fingerprint density at radius 1 is 1.03 bits per heavy atom. The third-order valence-corrected chi connectivity index (χ3v) is 7.04. The number of fused-ring (bicyclic) bond motifs is 1. The highest BCUT2D eigenvalue weighted by Gasteiger charge is 2.15. The molecular formula is C31H30O3S. The normalized spacial score (nSPS) is 11.5. The summed E-state index contributed by atoms with van der Waals surface area (Å²) in [5.74, 6) is 6.51. The molecule has 0 aliphatic heterocycles. The van der Waals surface area contributed by atoms with Crippen LogP contribution in [0.15, 0.2) is 66.0 Å². The second kappa shape index (κ2) is 11.3. The fourth-order valence-electron chi connectivity index (χ4n) is 4.36. The molecular weight excluding hydrogens is 452 g/mol. The van der Waals surface area contributed by atoms with Crippen molar-refractivity contribution in [3.63, 3.8) is 0 Å². The van der Waals surface area contributed by atoms with E-state index < -0.39 is 0 Å². The molecule has 0 aliphatic carbocycles. The summed E-state index contributed by atoms with van der Waals surface area (Å²) in [6.07, 6.45) is 0.258. The smallest absolute Gasteiger partial charge is 0.307 e. The molecule has 1 atom stereocenters. The van der Waals surface area contributed by atoms with Crippen LogP contribution in [0.25, 0.3) is 21.2 Å². The van der Waals surface area contributed by atoms with Crippen molar-refractivity contribution in [3.8, 4) is 28.7 Å². The SMILES string of the molecule is CC#CC(CC(=O)OCC)c1ccc(COc2ccc3scc(-c4c(C)cccc4C)c3c2)cc1. The molecule has 0 N–H and O–H groups in total. The Labute approximate surface area is 211 Å². The third kappa shape index (κ3) is 5.75. The number of aryl methyl sites for hydroxylation is 2. The lowest BCUT2D eigenvalue weighted by molar-refractivity contribution is -0.143. The molecule has 0 radical (unpaired) electrons. The number of carbonyl (C=O) groups excluding carboxylic acids is 1. The van der Waals surface area contributed by atoms with Crippen molar-refractivity contribution in [3.05, 3.63) is 88.3 Å². The number of hydrogen-bond acceptors (Lipinski definition) is 4. The average Bonchev–Trinajstić information content (AvgIpc) is 3.26. The van der Waals surface area contributed by atoms with E-state index in [0.717, 1.165) is 16.9 Å². The zero-order valence-electron chi connectivity index (χ0n) is 20.7. The highest BCUT2D eigenvalue weighted by molar-refractivity contribution is 7.17. The van der Waals surface area contributed by atoms with Crippen molar-refractivity contribution in [2.75, 3.05) is 6.61 Å². The molecule has 4 heteroatoms. The van der Waals surface area contributed by atoms with Crippen LogP contribution in [0.5, 0.6) is 5.75 Å². The van der Waals surface area contributed by atoms with Gasteiger partial charge in [-0.15, -0.1) is 17.3 Å². The summed E-state index contributed by atoms with van der Waals surface area (Å²) in [6.45, 7) is 8.78. The number of rotatable bonds is 8. The van der Waals surface area contributed by atoms with Crippen LogP contribution in [0, 0.1) is 25.7 Å². The van der Waals surface area contributed by atoms with E-state index >= 15 is 0 Å². The first kappa shape index (κ1) is 24.6. The minimum absolute atomic E-state index is 0.168. The number of esters is 1. The van der Waals surface area contributed by atoms with Crippen LogP contribution in [-0.2, 0) is 16.1 Å². The monoisotopic (exact) mass is 482 g/mol. The summed E-state index contributed by atoms with van der Waals surface area (Å²) in [6, 6.07) is 20.9. The van der Waals surface area contributed by atoms with E-state index in [1.807, 2.05) is 37.3 Å². The molecule has 0 aliphatic rings. The molecule has 0 saturated carbocycles. The van der Waals surface area contributed by atoms with Crippen LogP contribution in [0.4, 0.5) is 0 Å². The molecule has 1 aromatic heterocycles. The molecule has 3 nitrogen and oxygen atoms in total. The van der Waals surface area contributed by atoms with E-state index in [0.29, 0.717) is 13.2 Å². The van der Waals surface area contributed by atoms with Crippen molar-refractivity contribution in [1.82, 2.24) is 0 Å². The van der Waals surface area contributed by atoms with Gasteiger partial charge < -0.3 is 9.47 Å². The quantitative estimate of drug-likeness (QED) is 0.190. The summed E-state index contributed by atoms with van der Waals surface area (Å²) in [5.41, 5.74) is 7.21. The summed E-state index contributed by atoms with van der Waals surface area (Å²) in [4.78, 5) is 11.9. The van der Waals surface area contributed by atoms with Crippen LogP contribution in [-0.4, -0.2) is 12.6 Å². The molecule has 178 valence electrons. The van der Waals surface area contributed by atoms with Crippen LogP contribution in [0.2, 0.25) is 0 Å². The number of ether oxygens (including phenoxy) is 2. The molecule has 4 rings (SSSR count). The van der Waals surface area contributed by atoms with E-state index in [-0.39, 0.29) is 18.3 Å². The molecule has 0 amide bonds. The fraction of sp³-hybridized carbons (Fsp3) is 0.258. The molecule has 0 bridgehead atoms. The Bertz CT molecular complexity index is 1370. The van der Waals surface area contributed by atoms with Gasteiger partial charge in [0.2, 0.25) is 0 Å². The van der Waals surface area contributed by atoms with Gasteiger partial charge in [-0.1, -0.05) is 48.4 Å². The molecule has 4 aromatic rings. The molecule has 35 heavy (non-hydrogen) atoms. The van der Waals surface area contributed by atoms with E-state index in [9.17, 15) is 4.79 Å². The Balaban J connectivity index is 1.49. The van der Waals surface area contributed by atoms with Gasteiger partial charge in [-0.2, -0.15) is 0 Å². The average molecular weight is 483 g/mol. The lowest BCUT2D eigenvalue weighted by Gasteiger charge is -2.12. The van der Waals surface area contributed by atoms with E-state index in [4.69, 9.17) is 9.47 Å². The number of thiophene rings is 1. The zero-order valence-corrected chi connectivity index (χ0v) is 21.5. The summed E-state index contributed by atoms with van der Waals surface area (Å²) < 4.78 is 12.5. The van der Waals surface area contributed by atoms with Crippen molar-refractivity contribution in [2.24, 2.45) is 0 Å². The van der Waals surface area contributed by atoms with E-state index in [2.05, 4.69) is 61.4 Å². The molecule has 1 heterocycles. The molecule has 0 saturated heterocycles. The Kier molecular flexibility index (Phi) is 7.90. The lowest BCUT2D eigenvalue weighted by atomic mass is 9.95. The first-order valence-electron chi connectivity index (χ1n) is 11.9. The molecule has 3 aromatic carbocycles. The topological polar surface area (TPSA) is 35.5 Å². The highest BCUT2D eigenvalue weighted by atomic mass is 32.1. The summed E-state index contributed by atoms with van der Waals surface area (Å²) in [7, 11) is 0. The Morgan fingerprint density at radius 2 is 1.77 bits per heavy atom. The maximum Gasteiger partial charge on any atom is 0.307 e. The minimum Gasteiger partial charge on any atom is -0.489 e. The Morgan fingerprint density at radius 3 is 2.46 bits per heavy atom. The van der Waals surface area contributed by atoms with Gasteiger partial charge in [0.25, 0.3) is 0 Å². The maximum absolute atomic E-state index is 11.9. The third-order valence-electron chi connectivity index (χ3n) is 6.08. The second-order valence-corrected chi connectivity index (χ2v) is 9.47. The number of benzene rings is 3.